The largest absolute Gasteiger partial charge is 0.459 e. The zero-order valence-corrected chi connectivity index (χ0v) is 20.1. The van der Waals surface area contributed by atoms with E-state index in [1.165, 1.54) is 41.7 Å². The number of halogens is 1. The molecule has 3 aromatic rings. The van der Waals surface area contributed by atoms with Gasteiger partial charge < -0.3 is 10.1 Å². The molecule has 1 aromatic heterocycles. The molecule has 0 radical (unpaired) electrons. The first-order chi connectivity index (χ1) is 16.7. The molecule has 2 N–H and O–H groups in total. The van der Waals surface area contributed by atoms with Crippen molar-refractivity contribution in [1.29, 1.82) is 0 Å². The number of hydrogen-bond acceptors (Lipinski definition) is 8. The predicted octanol–water partition coefficient (Wildman–Crippen LogP) is 4.40. The second-order valence-electron chi connectivity index (χ2n) is 7.64. The summed E-state index contributed by atoms with van der Waals surface area (Å²) in [6.45, 7) is 3.43. The fourth-order valence-electron chi connectivity index (χ4n) is 3.24. The van der Waals surface area contributed by atoms with Crippen LogP contribution in [0.4, 0.5) is 16.5 Å². The summed E-state index contributed by atoms with van der Waals surface area (Å²) in [6, 6.07) is 12.3. The van der Waals surface area contributed by atoms with Gasteiger partial charge in [-0.25, -0.2) is 14.7 Å². The minimum Gasteiger partial charge on any atom is -0.459 e. The molecule has 2 aromatic carbocycles. The molecule has 0 atom stereocenters. The van der Waals surface area contributed by atoms with Gasteiger partial charge in [-0.2, -0.15) is 0 Å². The number of anilines is 3. The second kappa shape index (κ2) is 10.1. The van der Waals surface area contributed by atoms with Crippen LogP contribution in [0.3, 0.4) is 0 Å². The number of benzene rings is 2. The average molecular weight is 511 g/mol. The van der Waals surface area contributed by atoms with Crippen molar-refractivity contribution in [2.45, 2.75) is 20.0 Å². The Hall–Kier alpha value is -4.02. The molecule has 9 nitrogen and oxygen atoms in total. The van der Waals surface area contributed by atoms with E-state index in [1.54, 1.807) is 43.6 Å². The fraction of sp³-hybridized carbons (Fsp3) is 0.125. The highest BCUT2D eigenvalue weighted by Gasteiger charge is 2.39. The van der Waals surface area contributed by atoms with E-state index in [0.29, 0.717) is 16.4 Å². The van der Waals surface area contributed by atoms with Gasteiger partial charge in [0.05, 0.1) is 17.4 Å². The van der Waals surface area contributed by atoms with E-state index in [-0.39, 0.29) is 34.0 Å². The number of ether oxygens (including phenoxy) is 1. The number of amides is 3. The molecule has 0 spiro atoms. The first-order valence-electron chi connectivity index (χ1n) is 10.4. The molecule has 1 aliphatic heterocycles. The van der Waals surface area contributed by atoms with Crippen molar-refractivity contribution in [2.75, 3.05) is 15.5 Å². The molecule has 2 heterocycles. The molecule has 11 heteroatoms. The second-order valence-corrected chi connectivity index (χ2v) is 8.91. The third-order valence-corrected chi connectivity index (χ3v) is 5.80. The van der Waals surface area contributed by atoms with Crippen LogP contribution in [0.2, 0.25) is 0 Å². The number of imide groups is 1. The summed E-state index contributed by atoms with van der Waals surface area (Å²) in [4.78, 5) is 55.6. The Kier molecular flexibility index (Phi) is 6.94. The number of esters is 1. The normalized spacial score (nSPS) is 13.4. The molecule has 0 bridgehead atoms. The van der Waals surface area contributed by atoms with E-state index in [4.69, 9.17) is 16.3 Å². The molecule has 3 amide bonds. The van der Waals surface area contributed by atoms with Crippen molar-refractivity contribution in [3.8, 4) is 0 Å². The molecule has 0 saturated heterocycles. The number of thiazole rings is 1. The number of rotatable bonds is 7. The van der Waals surface area contributed by atoms with Gasteiger partial charge in [0, 0.05) is 22.8 Å². The van der Waals surface area contributed by atoms with Crippen molar-refractivity contribution in [3.05, 3.63) is 82.0 Å². The van der Waals surface area contributed by atoms with Gasteiger partial charge in [0.2, 0.25) is 0 Å². The Morgan fingerprint density at radius 2 is 1.80 bits per heavy atom. The Bertz CT molecular complexity index is 1350. The van der Waals surface area contributed by atoms with Crippen molar-refractivity contribution >= 4 is 63.1 Å². The van der Waals surface area contributed by atoms with Crippen molar-refractivity contribution in [3.63, 3.8) is 0 Å². The highest BCUT2D eigenvalue weighted by molar-refractivity contribution is 7.13. The van der Waals surface area contributed by atoms with Crippen molar-refractivity contribution in [1.82, 2.24) is 4.98 Å². The molecule has 0 saturated carbocycles. The Labute approximate surface area is 209 Å². The van der Waals surface area contributed by atoms with Crippen LogP contribution < -0.4 is 15.5 Å². The first kappa shape index (κ1) is 24.1. The number of carbonyl (C=O) groups excluding carboxylic acids is 4. The van der Waals surface area contributed by atoms with Crippen LogP contribution in [-0.4, -0.2) is 34.8 Å². The summed E-state index contributed by atoms with van der Waals surface area (Å²) in [5.41, 5.74) is 0.899. The highest BCUT2D eigenvalue weighted by atomic mass is 35.5. The smallest absolute Gasteiger partial charge is 0.338 e. The van der Waals surface area contributed by atoms with Gasteiger partial charge in [-0.15, -0.1) is 11.3 Å². The summed E-state index contributed by atoms with van der Waals surface area (Å²) in [6.07, 6.45) is 1.25. The number of nitrogens with one attached hydrogen (secondary N) is 2. The van der Waals surface area contributed by atoms with Crippen LogP contribution in [0.25, 0.3) is 0 Å². The van der Waals surface area contributed by atoms with Crippen LogP contribution in [0.5, 0.6) is 0 Å². The van der Waals surface area contributed by atoms with E-state index in [2.05, 4.69) is 15.6 Å². The Morgan fingerprint density at radius 1 is 1.06 bits per heavy atom. The zero-order chi connectivity index (χ0) is 25.1. The van der Waals surface area contributed by atoms with Crippen LogP contribution in [0.15, 0.2) is 70.8 Å². The molecule has 1 aliphatic rings. The molecule has 0 aliphatic carbocycles. The van der Waals surface area contributed by atoms with E-state index in [9.17, 15) is 19.2 Å². The summed E-state index contributed by atoms with van der Waals surface area (Å²) >= 11 is 7.49. The lowest BCUT2D eigenvalue weighted by Crippen LogP contribution is -2.32. The molecule has 0 fully saturated rings. The summed E-state index contributed by atoms with van der Waals surface area (Å²) < 4.78 is 5.18. The van der Waals surface area contributed by atoms with Gasteiger partial charge in [-0.05, 0) is 50.2 Å². The van der Waals surface area contributed by atoms with Crippen molar-refractivity contribution in [2.24, 2.45) is 0 Å². The average Bonchev–Trinajstić information content (AvgIpc) is 3.41. The Morgan fingerprint density at radius 3 is 2.51 bits per heavy atom. The van der Waals surface area contributed by atoms with Gasteiger partial charge >= 0.3 is 5.97 Å². The topological polar surface area (TPSA) is 118 Å². The SMILES string of the molecule is CC(C)OC(=O)c1cccc(N2C(=O)C(Cl)=C(Nc3cccc(C(=O)Nc4nccs4)c3)C2=O)c1. The maximum atomic E-state index is 13.1. The van der Waals surface area contributed by atoms with Crippen LogP contribution in [-0.2, 0) is 14.3 Å². The molecule has 0 unspecified atom stereocenters. The standard InChI is InChI=1S/C24H19ClN4O5S/c1-13(2)34-23(33)15-6-4-8-17(12-15)29-21(31)18(25)19(22(29)32)27-16-7-3-5-14(11-16)20(30)28-24-26-9-10-35-24/h3-13,27H,1-2H3,(H,26,28,30). The summed E-state index contributed by atoms with van der Waals surface area (Å²) in [7, 11) is 0. The third kappa shape index (κ3) is 5.23. The van der Waals surface area contributed by atoms with Gasteiger partial charge in [0.1, 0.15) is 10.7 Å². The molecular formula is C24H19ClN4O5S. The molecule has 4 rings (SSSR count). The summed E-state index contributed by atoms with van der Waals surface area (Å²) in [5.74, 6) is -2.41. The highest BCUT2D eigenvalue weighted by Crippen LogP contribution is 2.31. The van der Waals surface area contributed by atoms with E-state index < -0.39 is 17.8 Å². The van der Waals surface area contributed by atoms with Crippen molar-refractivity contribution < 1.29 is 23.9 Å². The fourth-order valence-corrected chi connectivity index (χ4v) is 3.97. The van der Waals surface area contributed by atoms with Gasteiger partial charge in [-0.1, -0.05) is 23.7 Å². The lowest BCUT2D eigenvalue weighted by molar-refractivity contribution is -0.120. The molecule has 35 heavy (non-hydrogen) atoms. The lowest BCUT2D eigenvalue weighted by Gasteiger charge is -2.16. The monoisotopic (exact) mass is 510 g/mol. The molecular weight excluding hydrogens is 492 g/mol. The van der Waals surface area contributed by atoms with E-state index in [1.807, 2.05) is 0 Å². The summed E-state index contributed by atoms with van der Waals surface area (Å²) in [5, 5.41) is 7.38. The lowest BCUT2D eigenvalue weighted by atomic mass is 10.2. The number of nitrogens with zero attached hydrogens (tertiary/aromatic N) is 2. The third-order valence-electron chi connectivity index (χ3n) is 4.76. The minimum atomic E-state index is -0.744. The number of hydrogen-bond donors (Lipinski definition) is 2. The number of aromatic nitrogens is 1. The van der Waals surface area contributed by atoms with E-state index >= 15 is 0 Å². The molecule has 178 valence electrons. The van der Waals surface area contributed by atoms with Crippen LogP contribution in [0, 0.1) is 0 Å². The van der Waals surface area contributed by atoms with Crippen LogP contribution in [0.1, 0.15) is 34.6 Å². The first-order valence-corrected chi connectivity index (χ1v) is 11.7. The maximum absolute atomic E-state index is 13.1. The van der Waals surface area contributed by atoms with Gasteiger partial charge in [-0.3, -0.25) is 19.7 Å². The zero-order valence-electron chi connectivity index (χ0n) is 18.6. The van der Waals surface area contributed by atoms with Gasteiger partial charge in [0.15, 0.2) is 5.13 Å². The van der Waals surface area contributed by atoms with Gasteiger partial charge in [0.25, 0.3) is 17.7 Å². The predicted molar refractivity (Wildman–Crippen MR) is 132 cm³/mol. The quantitative estimate of drug-likeness (QED) is 0.357. The Balaban J connectivity index is 1.54. The number of carbonyl (C=O) groups is 4. The van der Waals surface area contributed by atoms with E-state index in [0.717, 1.165) is 4.90 Å². The van der Waals surface area contributed by atoms with Crippen LogP contribution >= 0.6 is 22.9 Å². The minimum absolute atomic E-state index is 0.149. The maximum Gasteiger partial charge on any atom is 0.338 e.